The topological polar surface area (TPSA) is 65.5 Å². The minimum Gasteiger partial charge on any atom is -0.396 e. The number of anilines is 1. The van der Waals surface area contributed by atoms with Gasteiger partial charge in [-0.15, -0.1) is 11.3 Å². The maximum atomic E-state index is 13.0. The summed E-state index contributed by atoms with van der Waals surface area (Å²) in [4.78, 5) is 20.2. The lowest BCUT2D eigenvalue weighted by molar-refractivity contribution is 0.102. The number of nitrogens with zero attached hydrogens (tertiary/aromatic N) is 2. The fourth-order valence-corrected chi connectivity index (χ4v) is 5.34. The summed E-state index contributed by atoms with van der Waals surface area (Å²) < 4.78 is 0. The van der Waals surface area contributed by atoms with Crippen LogP contribution in [0.5, 0.6) is 0 Å². The number of aliphatic hydroxyl groups excluding tert-OH is 1. The molecule has 1 amide bonds. The first kappa shape index (κ1) is 23.6. The van der Waals surface area contributed by atoms with Gasteiger partial charge in [0.15, 0.2) is 0 Å². The lowest BCUT2D eigenvalue weighted by Gasteiger charge is -2.31. The second-order valence-corrected chi connectivity index (χ2v) is 9.73. The molecule has 1 saturated heterocycles. The van der Waals surface area contributed by atoms with Crippen LogP contribution in [0.1, 0.15) is 59.1 Å². The van der Waals surface area contributed by atoms with Gasteiger partial charge in [0.05, 0.1) is 5.01 Å². The smallest absolute Gasteiger partial charge is 0.275 e. The van der Waals surface area contributed by atoms with E-state index in [1.165, 1.54) is 5.56 Å². The molecule has 0 radical (unpaired) electrons. The Morgan fingerprint density at radius 2 is 1.85 bits per heavy atom. The molecular weight excluding hydrogens is 430 g/mol. The molecule has 1 aliphatic rings. The van der Waals surface area contributed by atoms with Gasteiger partial charge in [-0.05, 0) is 70.3 Å². The van der Waals surface area contributed by atoms with E-state index in [0.29, 0.717) is 18.2 Å². The Kier molecular flexibility index (Phi) is 8.26. The third-order valence-corrected chi connectivity index (χ3v) is 7.37. The maximum Gasteiger partial charge on any atom is 0.275 e. The van der Waals surface area contributed by atoms with Gasteiger partial charge in [0.1, 0.15) is 5.69 Å². The van der Waals surface area contributed by atoms with Crippen molar-refractivity contribution in [3.05, 3.63) is 70.2 Å². The highest BCUT2D eigenvalue weighted by atomic mass is 32.1. The number of benzene rings is 2. The van der Waals surface area contributed by atoms with Gasteiger partial charge in [0.2, 0.25) is 0 Å². The van der Waals surface area contributed by atoms with Gasteiger partial charge in [-0.25, -0.2) is 4.98 Å². The molecule has 0 bridgehead atoms. The van der Waals surface area contributed by atoms with Crippen molar-refractivity contribution < 1.29 is 9.90 Å². The number of nitrogens with one attached hydrogen (secondary N) is 1. The molecule has 6 heteroatoms. The molecule has 0 aliphatic carbocycles. The van der Waals surface area contributed by atoms with Crippen molar-refractivity contribution in [1.82, 2.24) is 9.88 Å². The summed E-state index contributed by atoms with van der Waals surface area (Å²) in [6.45, 7) is 5.63. The van der Waals surface area contributed by atoms with Crippen molar-refractivity contribution in [2.45, 2.75) is 44.9 Å². The molecule has 33 heavy (non-hydrogen) atoms. The highest BCUT2D eigenvalue weighted by Gasteiger charge is 2.24. The van der Waals surface area contributed by atoms with Crippen molar-refractivity contribution in [2.75, 3.05) is 31.6 Å². The van der Waals surface area contributed by atoms with E-state index in [4.69, 9.17) is 10.1 Å². The average molecular weight is 464 g/mol. The van der Waals surface area contributed by atoms with Gasteiger partial charge in [-0.1, -0.05) is 48.0 Å². The van der Waals surface area contributed by atoms with Crippen LogP contribution in [0.15, 0.2) is 53.9 Å². The quantitative estimate of drug-likeness (QED) is 0.399. The Hall–Kier alpha value is -2.54. The minimum absolute atomic E-state index is 0.154. The molecular formula is C27H33N3O2S. The number of rotatable bonds is 9. The number of hydrogen-bond donors (Lipinski definition) is 2. The summed E-state index contributed by atoms with van der Waals surface area (Å²) in [6, 6.07) is 16.2. The molecule has 0 unspecified atom stereocenters. The van der Waals surface area contributed by atoms with Crippen molar-refractivity contribution in [3.8, 4) is 11.1 Å². The number of amides is 1. The van der Waals surface area contributed by atoms with E-state index in [-0.39, 0.29) is 5.91 Å². The average Bonchev–Trinajstić information content (AvgIpc) is 3.34. The molecule has 2 aromatic carbocycles. The van der Waals surface area contributed by atoms with Gasteiger partial charge in [0.25, 0.3) is 5.91 Å². The minimum atomic E-state index is -0.154. The maximum absolute atomic E-state index is 13.0. The van der Waals surface area contributed by atoms with Crippen LogP contribution in [0, 0.1) is 6.92 Å². The fraction of sp³-hybridized carbons (Fsp3) is 0.407. The molecule has 5 nitrogen and oxygen atoms in total. The third kappa shape index (κ3) is 6.28. The Morgan fingerprint density at radius 3 is 2.61 bits per heavy atom. The van der Waals surface area contributed by atoms with E-state index in [1.807, 2.05) is 29.6 Å². The van der Waals surface area contributed by atoms with Crippen molar-refractivity contribution in [2.24, 2.45) is 0 Å². The molecule has 2 heterocycles. The highest BCUT2D eigenvalue weighted by Crippen LogP contribution is 2.32. The number of aliphatic hydroxyl groups is 1. The monoisotopic (exact) mass is 463 g/mol. The van der Waals surface area contributed by atoms with E-state index in [0.717, 1.165) is 73.6 Å². The summed E-state index contributed by atoms with van der Waals surface area (Å²) in [6.07, 6.45) is 5.32. The molecule has 174 valence electrons. The molecule has 1 aliphatic heterocycles. The summed E-state index contributed by atoms with van der Waals surface area (Å²) in [5, 5.41) is 15.0. The number of piperidine rings is 1. The van der Waals surface area contributed by atoms with Crippen LogP contribution >= 0.6 is 11.3 Å². The van der Waals surface area contributed by atoms with Crippen molar-refractivity contribution in [1.29, 1.82) is 0 Å². The second-order valence-electron chi connectivity index (χ2n) is 8.84. The summed E-state index contributed by atoms with van der Waals surface area (Å²) in [5.74, 6) is 0.281. The van der Waals surface area contributed by atoms with Gasteiger partial charge < -0.3 is 15.3 Å². The largest absolute Gasteiger partial charge is 0.396 e. The number of para-hydroxylation sites is 1. The van der Waals surface area contributed by atoms with Crippen LogP contribution in [0.25, 0.3) is 11.1 Å². The number of unbranched alkanes of at least 4 members (excludes halogenated alkanes) is 2. The Labute approximate surface area is 200 Å². The normalized spacial score (nSPS) is 15.0. The van der Waals surface area contributed by atoms with Crippen molar-refractivity contribution in [3.63, 3.8) is 0 Å². The van der Waals surface area contributed by atoms with E-state index in [9.17, 15) is 4.79 Å². The Balaban J connectivity index is 1.35. The summed E-state index contributed by atoms with van der Waals surface area (Å²) >= 11 is 1.60. The predicted octanol–water partition coefficient (Wildman–Crippen LogP) is 5.71. The van der Waals surface area contributed by atoms with Crippen molar-refractivity contribution >= 4 is 22.9 Å². The van der Waals surface area contributed by atoms with E-state index in [1.54, 1.807) is 11.3 Å². The molecule has 1 aromatic heterocycles. The van der Waals surface area contributed by atoms with E-state index in [2.05, 4.69) is 41.4 Å². The Morgan fingerprint density at radius 1 is 1.09 bits per heavy atom. The van der Waals surface area contributed by atoms with Crippen LogP contribution < -0.4 is 5.32 Å². The van der Waals surface area contributed by atoms with Crippen LogP contribution in [-0.4, -0.2) is 47.1 Å². The molecule has 4 rings (SSSR count). The van der Waals surface area contributed by atoms with Gasteiger partial charge in [0, 0.05) is 29.2 Å². The molecule has 3 aromatic rings. The summed E-state index contributed by atoms with van der Waals surface area (Å²) in [7, 11) is 0. The molecule has 0 saturated carbocycles. The Bertz CT molecular complexity index is 1040. The van der Waals surface area contributed by atoms with Gasteiger partial charge >= 0.3 is 0 Å². The number of aromatic nitrogens is 1. The third-order valence-electron chi connectivity index (χ3n) is 6.36. The van der Waals surface area contributed by atoms with E-state index < -0.39 is 0 Å². The first-order chi connectivity index (χ1) is 16.1. The number of thiazole rings is 1. The fourth-order valence-electron chi connectivity index (χ4n) is 4.37. The lowest BCUT2D eigenvalue weighted by atomic mass is 9.97. The number of carbonyl (C=O) groups excluding carboxylic acids is 1. The van der Waals surface area contributed by atoms with Crippen LogP contribution in [0.3, 0.4) is 0 Å². The number of aryl methyl sites for hydroxylation is 1. The van der Waals surface area contributed by atoms with Gasteiger partial charge in [-0.3, -0.25) is 4.79 Å². The van der Waals surface area contributed by atoms with E-state index >= 15 is 0 Å². The zero-order chi connectivity index (χ0) is 23.0. The first-order valence-corrected chi connectivity index (χ1v) is 12.8. The number of likely N-dealkylation sites (tertiary alicyclic amines) is 1. The molecule has 0 atom stereocenters. The molecule has 0 spiro atoms. The molecule has 2 N–H and O–H groups in total. The van der Waals surface area contributed by atoms with Crippen LogP contribution in [0.2, 0.25) is 0 Å². The zero-order valence-electron chi connectivity index (χ0n) is 19.3. The standard InChI is InChI=1S/C27H33N3O2S/c1-20-9-11-21(12-10-20)23-7-3-4-8-24(23)28-26(32)25-19-33-27(29-25)22-13-16-30(17-14-22)15-5-2-6-18-31/h3-4,7-12,19,22,31H,2,5-6,13-18H2,1H3,(H,28,32). The predicted molar refractivity (Wildman–Crippen MR) is 136 cm³/mol. The number of carbonyl (C=O) groups is 1. The second kappa shape index (κ2) is 11.5. The molecule has 1 fully saturated rings. The summed E-state index contributed by atoms with van der Waals surface area (Å²) in [5.41, 5.74) is 4.60. The lowest BCUT2D eigenvalue weighted by Crippen LogP contribution is -2.33. The zero-order valence-corrected chi connectivity index (χ0v) is 20.1. The first-order valence-electron chi connectivity index (χ1n) is 11.9. The van der Waals surface area contributed by atoms with Crippen LogP contribution in [0.4, 0.5) is 5.69 Å². The SMILES string of the molecule is Cc1ccc(-c2ccccc2NC(=O)c2csc(C3CCN(CCCCCO)CC3)n2)cc1. The highest BCUT2D eigenvalue weighted by molar-refractivity contribution is 7.10. The number of hydrogen-bond acceptors (Lipinski definition) is 5. The van der Waals surface area contributed by atoms with Crippen LogP contribution in [-0.2, 0) is 0 Å². The van der Waals surface area contributed by atoms with Gasteiger partial charge in [-0.2, -0.15) is 0 Å².